The van der Waals surface area contributed by atoms with Crippen molar-refractivity contribution in [3.8, 4) is 11.6 Å². The van der Waals surface area contributed by atoms with Crippen LogP contribution in [0.2, 0.25) is 0 Å². The molecule has 0 saturated heterocycles. The first kappa shape index (κ1) is 21.8. The predicted octanol–water partition coefficient (Wildman–Crippen LogP) is 5.01. The van der Waals surface area contributed by atoms with E-state index in [0.717, 1.165) is 33.3 Å². The van der Waals surface area contributed by atoms with Crippen molar-refractivity contribution in [2.24, 2.45) is 0 Å². The minimum Gasteiger partial charge on any atom is -0.473 e. The SMILES string of the molecule is COC(=O)C=Cc1cn(-c2ccc([N+](=O)[O-])cc2C)c2cnc(OCc3ccccc3)cc12. The number of methoxy groups -OCH3 is 1. The van der Waals surface area contributed by atoms with Crippen molar-refractivity contribution in [3.63, 3.8) is 0 Å². The summed E-state index contributed by atoms with van der Waals surface area (Å²) in [7, 11) is 1.32. The Labute approximate surface area is 189 Å². The Balaban J connectivity index is 1.77. The van der Waals surface area contributed by atoms with Gasteiger partial charge < -0.3 is 14.0 Å². The van der Waals surface area contributed by atoms with Gasteiger partial charge in [-0.25, -0.2) is 9.78 Å². The van der Waals surface area contributed by atoms with Gasteiger partial charge in [0.1, 0.15) is 6.61 Å². The fraction of sp³-hybridized carbons (Fsp3) is 0.120. The number of carbonyl (C=O) groups excluding carboxylic acids is 1. The lowest BCUT2D eigenvalue weighted by atomic mass is 10.1. The highest BCUT2D eigenvalue weighted by Gasteiger charge is 2.15. The largest absolute Gasteiger partial charge is 0.473 e. The number of nitro groups is 1. The summed E-state index contributed by atoms with van der Waals surface area (Å²) >= 11 is 0. The lowest BCUT2D eigenvalue weighted by molar-refractivity contribution is -0.384. The standard InChI is InChI=1S/C25H21N3O5/c1-17-12-20(28(30)31)9-10-22(17)27-15-19(8-11-25(29)32-2)21-13-24(26-14-23(21)27)33-16-18-6-4-3-5-7-18/h3-15H,16H2,1-2H3. The van der Waals surface area contributed by atoms with E-state index in [2.05, 4.69) is 4.98 Å². The zero-order valence-electron chi connectivity index (χ0n) is 18.1. The van der Waals surface area contributed by atoms with E-state index in [0.29, 0.717) is 12.5 Å². The number of hydrogen-bond donors (Lipinski definition) is 0. The van der Waals surface area contributed by atoms with E-state index in [1.165, 1.54) is 25.3 Å². The number of aryl methyl sites for hydroxylation is 1. The van der Waals surface area contributed by atoms with Crippen LogP contribution in [0.15, 0.2) is 73.1 Å². The van der Waals surface area contributed by atoms with E-state index < -0.39 is 10.9 Å². The van der Waals surface area contributed by atoms with Gasteiger partial charge in [0.2, 0.25) is 5.88 Å². The highest BCUT2D eigenvalue weighted by molar-refractivity contribution is 5.95. The number of carbonyl (C=O) groups is 1. The highest BCUT2D eigenvalue weighted by Crippen LogP contribution is 2.30. The normalized spacial score (nSPS) is 11.1. The number of rotatable bonds is 7. The molecule has 0 aliphatic carbocycles. The Morgan fingerprint density at radius 1 is 1.18 bits per heavy atom. The van der Waals surface area contributed by atoms with Gasteiger partial charge in [-0.05, 0) is 30.2 Å². The molecule has 0 fully saturated rings. The molecular formula is C25H21N3O5. The second-order valence-electron chi connectivity index (χ2n) is 7.35. The summed E-state index contributed by atoms with van der Waals surface area (Å²) in [6.07, 6.45) is 6.53. The van der Waals surface area contributed by atoms with E-state index in [9.17, 15) is 14.9 Å². The molecule has 0 atom stereocenters. The number of hydrogen-bond acceptors (Lipinski definition) is 6. The summed E-state index contributed by atoms with van der Waals surface area (Å²) < 4.78 is 12.5. The van der Waals surface area contributed by atoms with Gasteiger partial charge in [-0.15, -0.1) is 0 Å². The average molecular weight is 443 g/mol. The first-order chi connectivity index (χ1) is 16.0. The summed E-state index contributed by atoms with van der Waals surface area (Å²) in [6, 6.07) is 16.3. The van der Waals surface area contributed by atoms with Gasteiger partial charge in [0.15, 0.2) is 0 Å². The fourth-order valence-corrected chi connectivity index (χ4v) is 3.52. The number of nitro benzene ring substituents is 1. The molecule has 0 aliphatic heterocycles. The fourth-order valence-electron chi connectivity index (χ4n) is 3.52. The maximum atomic E-state index is 11.7. The third-order valence-electron chi connectivity index (χ3n) is 5.18. The Morgan fingerprint density at radius 2 is 1.97 bits per heavy atom. The molecule has 0 aliphatic rings. The number of aromatic nitrogens is 2. The zero-order valence-corrected chi connectivity index (χ0v) is 18.1. The monoisotopic (exact) mass is 443 g/mol. The molecule has 2 aromatic carbocycles. The maximum absolute atomic E-state index is 11.7. The van der Waals surface area contributed by atoms with Gasteiger partial charge in [-0.2, -0.15) is 0 Å². The van der Waals surface area contributed by atoms with Gasteiger partial charge in [0, 0.05) is 47.1 Å². The summed E-state index contributed by atoms with van der Waals surface area (Å²) in [6.45, 7) is 2.18. The molecule has 0 unspecified atom stereocenters. The molecule has 2 heterocycles. The van der Waals surface area contributed by atoms with Gasteiger partial charge in [-0.3, -0.25) is 10.1 Å². The Hall–Kier alpha value is -4.46. The molecular weight excluding hydrogens is 422 g/mol. The van der Waals surface area contributed by atoms with Gasteiger partial charge in [0.25, 0.3) is 5.69 Å². The molecule has 0 radical (unpaired) electrons. The van der Waals surface area contributed by atoms with Crippen molar-refractivity contribution >= 4 is 28.6 Å². The first-order valence-electron chi connectivity index (χ1n) is 10.2. The van der Waals surface area contributed by atoms with Crippen LogP contribution in [0.25, 0.3) is 22.7 Å². The van der Waals surface area contributed by atoms with Crippen LogP contribution in [0, 0.1) is 17.0 Å². The van der Waals surface area contributed by atoms with E-state index in [1.54, 1.807) is 18.3 Å². The number of nitrogens with zero attached hydrogens (tertiary/aromatic N) is 3. The molecule has 0 amide bonds. The highest BCUT2D eigenvalue weighted by atomic mass is 16.6. The molecule has 4 rings (SSSR count). The average Bonchev–Trinajstić information content (AvgIpc) is 3.19. The molecule has 8 nitrogen and oxygen atoms in total. The van der Waals surface area contributed by atoms with Crippen LogP contribution in [-0.4, -0.2) is 27.6 Å². The predicted molar refractivity (Wildman–Crippen MR) is 124 cm³/mol. The molecule has 8 heteroatoms. The van der Waals surface area contributed by atoms with Crippen molar-refractivity contribution < 1.29 is 19.2 Å². The number of ether oxygens (including phenoxy) is 2. The van der Waals surface area contributed by atoms with Gasteiger partial charge >= 0.3 is 5.97 Å². The summed E-state index contributed by atoms with van der Waals surface area (Å²) in [4.78, 5) is 26.8. The number of fused-ring (bicyclic) bond motifs is 1. The Kier molecular flexibility index (Phi) is 6.17. The van der Waals surface area contributed by atoms with Crippen LogP contribution in [0.1, 0.15) is 16.7 Å². The third kappa shape index (κ3) is 4.74. The first-order valence-corrected chi connectivity index (χ1v) is 10.2. The zero-order chi connectivity index (χ0) is 23.4. The van der Waals surface area contributed by atoms with E-state index in [1.807, 2.05) is 54.1 Å². The molecule has 166 valence electrons. The molecule has 0 N–H and O–H groups in total. The summed E-state index contributed by atoms with van der Waals surface area (Å²) in [5, 5.41) is 11.9. The molecule has 4 aromatic rings. The number of pyridine rings is 1. The lowest BCUT2D eigenvalue weighted by Crippen LogP contribution is -1.99. The van der Waals surface area contributed by atoms with E-state index in [4.69, 9.17) is 9.47 Å². The van der Waals surface area contributed by atoms with E-state index in [-0.39, 0.29) is 5.69 Å². The van der Waals surface area contributed by atoms with Crippen LogP contribution in [0.4, 0.5) is 5.69 Å². The summed E-state index contributed by atoms with van der Waals surface area (Å²) in [5.74, 6) is -0.0331. The molecule has 0 saturated carbocycles. The van der Waals surface area contributed by atoms with Crippen LogP contribution in [0.3, 0.4) is 0 Å². The van der Waals surface area contributed by atoms with Crippen LogP contribution < -0.4 is 4.74 Å². The van der Waals surface area contributed by atoms with Gasteiger partial charge in [0.05, 0.1) is 23.7 Å². The van der Waals surface area contributed by atoms with Crippen LogP contribution in [-0.2, 0) is 16.1 Å². The second-order valence-corrected chi connectivity index (χ2v) is 7.35. The second kappa shape index (κ2) is 9.35. The Bertz CT molecular complexity index is 1360. The van der Waals surface area contributed by atoms with Gasteiger partial charge in [-0.1, -0.05) is 30.3 Å². The van der Waals surface area contributed by atoms with Crippen molar-refractivity contribution in [1.29, 1.82) is 0 Å². The topological polar surface area (TPSA) is 96.5 Å². The van der Waals surface area contributed by atoms with Crippen molar-refractivity contribution in [1.82, 2.24) is 9.55 Å². The van der Waals surface area contributed by atoms with Crippen molar-refractivity contribution in [2.75, 3.05) is 7.11 Å². The van der Waals surface area contributed by atoms with Crippen LogP contribution in [0.5, 0.6) is 5.88 Å². The van der Waals surface area contributed by atoms with Crippen molar-refractivity contribution in [3.05, 3.63) is 99.9 Å². The summed E-state index contributed by atoms with van der Waals surface area (Å²) in [5.41, 5.74) is 4.05. The van der Waals surface area contributed by atoms with Crippen molar-refractivity contribution in [2.45, 2.75) is 13.5 Å². The number of non-ortho nitro benzene ring substituents is 1. The minimum atomic E-state index is -0.475. The molecule has 0 bridgehead atoms. The van der Waals surface area contributed by atoms with E-state index >= 15 is 0 Å². The molecule has 0 spiro atoms. The maximum Gasteiger partial charge on any atom is 0.330 e. The molecule has 2 aromatic heterocycles. The number of benzene rings is 2. The molecule has 33 heavy (non-hydrogen) atoms. The minimum absolute atomic E-state index is 0.0215. The lowest BCUT2D eigenvalue weighted by Gasteiger charge is -2.09. The smallest absolute Gasteiger partial charge is 0.330 e. The number of esters is 1. The van der Waals surface area contributed by atoms with Crippen LogP contribution >= 0.6 is 0 Å². The Morgan fingerprint density at radius 3 is 2.67 bits per heavy atom. The third-order valence-corrected chi connectivity index (χ3v) is 5.18. The quantitative estimate of drug-likeness (QED) is 0.172.